The second-order valence-electron chi connectivity index (χ2n) is 6.76. The van der Waals surface area contributed by atoms with Crippen molar-refractivity contribution in [3.05, 3.63) is 34.9 Å². The Morgan fingerprint density at radius 1 is 1.21 bits per heavy atom. The zero-order chi connectivity index (χ0) is 13.5. The predicted molar refractivity (Wildman–Crippen MR) is 81.4 cm³/mol. The highest BCUT2D eigenvalue weighted by atomic mass is 35.5. The van der Waals surface area contributed by atoms with Gasteiger partial charge in [-0.05, 0) is 60.6 Å². The van der Waals surface area contributed by atoms with Gasteiger partial charge in [0, 0.05) is 17.6 Å². The zero-order valence-corrected chi connectivity index (χ0v) is 12.7. The van der Waals surface area contributed by atoms with Crippen molar-refractivity contribution >= 4 is 11.6 Å². The van der Waals surface area contributed by atoms with E-state index < -0.39 is 0 Å². The first kappa shape index (κ1) is 13.5. The summed E-state index contributed by atoms with van der Waals surface area (Å²) in [6, 6.07) is 8.95. The van der Waals surface area contributed by atoms with E-state index in [1.807, 2.05) is 12.1 Å². The summed E-state index contributed by atoms with van der Waals surface area (Å²) in [6.07, 6.45) is 5.54. The fraction of sp³-hybridized carbons (Fsp3) is 0.647. The Labute approximate surface area is 121 Å². The van der Waals surface area contributed by atoms with E-state index >= 15 is 0 Å². The molecule has 0 bridgehead atoms. The Hall–Kier alpha value is -0.530. The fourth-order valence-corrected chi connectivity index (χ4v) is 3.21. The van der Waals surface area contributed by atoms with Gasteiger partial charge in [-0.15, -0.1) is 0 Å². The molecule has 1 atom stereocenters. The molecule has 104 valence electrons. The maximum absolute atomic E-state index is 5.99. The predicted octanol–water partition coefficient (Wildman–Crippen LogP) is 4.82. The normalized spacial score (nSPS) is 22.5. The molecule has 1 N–H and O–H groups in total. The first-order chi connectivity index (χ1) is 9.11. The number of hydrogen-bond donors (Lipinski definition) is 1. The third-order valence-electron chi connectivity index (χ3n) is 5.11. The van der Waals surface area contributed by atoms with Crippen molar-refractivity contribution in [2.24, 2.45) is 17.3 Å². The molecule has 2 aliphatic carbocycles. The molecule has 0 saturated heterocycles. The molecule has 0 aliphatic heterocycles. The molecule has 1 nitrogen and oxygen atoms in total. The smallest absolute Gasteiger partial charge is 0.0406 e. The minimum absolute atomic E-state index is 0.536. The fourth-order valence-electron chi connectivity index (χ4n) is 3.09. The maximum Gasteiger partial charge on any atom is 0.0406 e. The molecule has 1 aromatic carbocycles. The molecule has 3 rings (SSSR count). The summed E-state index contributed by atoms with van der Waals surface area (Å²) in [7, 11) is 0. The van der Waals surface area contributed by atoms with Gasteiger partial charge >= 0.3 is 0 Å². The molecule has 2 heteroatoms. The second kappa shape index (κ2) is 5.10. The van der Waals surface area contributed by atoms with Gasteiger partial charge in [-0.1, -0.05) is 37.6 Å². The van der Waals surface area contributed by atoms with Crippen LogP contribution in [0.25, 0.3) is 0 Å². The van der Waals surface area contributed by atoms with Crippen LogP contribution in [0.5, 0.6) is 0 Å². The molecule has 0 spiro atoms. The molecule has 2 fully saturated rings. The van der Waals surface area contributed by atoms with Gasteiger partial charge < -0.3 is 5.32 Å². The summed E-state index contributed by atoms with van der Waals surface area (Å²) in [6.45, 7) is 5.90. The molecule has 2 aliphatic rings. The lowest BCUT2D eigenvalue weighted by Gasteiger charge is -2.25. The molecule has 19 heavy (non-hydrogen) atoms. The molecule has 0 heterocycles. The SMILES string of the molecule is CC(C)C1(CNC(c2ccc(Cl)cc2)C2CC2)CC1. The summed E-state index contributed by atoms with van der Waals surface area (Å²) in [5, 5.41) is 4.69. The Balaban J connectivity index is 1.67. The molecule has 0 radical (unpaired) electrons. The third kappa shape index (κ3) is 2.98. The van der Waals surface area contributed by atoms with E-state index in [1.54, 1.807) is 0 Å². The van der Waals surface area contributed by atoms with Crippen LogP contribution in [0.3, 0.4) is 0 Å². The van der Waals surface area contributed by atoms with E-state index in [1.165, 1.54) is 37.8 Å². The van der Waals surface area contributed by atoms with Crippen molar-refractivity contribution in [1.29, 1.82) is 0 Å². The minimum atomic E-state index is 0.536. The van der Waals surface area contributed by atoms with Crippen molar-refractivity contribution < 1.29 is 0 Å². The highest BCUT2D eigenvalue weighted by Gasteiger charge is 2.46. The lowest BCUT2D eigenvalue weighted by atomic mass is 9.91. The first-order valence-electron chi connectivity index (χ1n) is 7.60. The summed E-state index contributed by atoms with van der Waals surface area (Å²) < 4.78 is 0. The number of benzene rings is 1. The maximum atomic E-state index is 5.99. The molecular weight excluding hydrogens is 254 g/mol. The van der Waals surface area contributed by atoms with Crippen LogP contribution >= 0.6 is 11.6 Å². The van der Waals surface area contributed by atoms with Crippen LogP contribution in [0.2, 0.25) is 5.02 Å². The van der Waals surface area contributed by atoms with Gasteiger partial charge in [0.1, 0.15) is 0 Å². The van der Waals surface area contributed by atoms with E-state index in [0.29, 0.717) is 11.5 Å². The van der Waals surface area contributed by atoms with Crippen LogP contribution < -0.4 is 5.32 Å². The Bertz CT molecular complexity index is 429. The topological polar surface area (TPSA) is 12.0 Å². The van der Waals surface area contributed by atoms with Crippen LogP contribution in [-0.4, -0.2) is 6.54 Å². The highest BCUT2D eigenvalue weighted by Crippen LogP contribution is 2.52. The number of rotatable bonds is 6. The lowest BCUT2D eigenvalue weighted by Crippen LogP contribution is -2.32. The van der Waals surface area contributed by atoms with Gasteiger partial charge in [0.05, 0.1) is 0 Å². The lowest BCUT2D eigenvalue weighted by molar-refractivity contribution is 0.312. The van der Waals surface area contributed by atoms with E-state index in [0.717, 1.165) is 16.9 Å². The van der Waals surface area contributed by atoms with Crippen molar-refractivity contribution in [2.75, 3.05) is 6.54 Å². The first-order valence-corrected chi connectivity index (χ1v) is 7.97. The largest absolute Gasteiger partial charge is 0.309 e. The van der Waals surface area contributed by atoms with Gasteiger partial charge in [0.25, 0.3) is 0 Å². The van der Waals surface area contributed by atoms with Crippen LogP contribution in [0.1, 0.15) is 51.1 Å². The van der Waals surface area contributed by atoms with Crippen LogP contribution in [-0.2, 0) is 0 Å². The van der Waals surface area contributed by atoms with E-state index in [9.17, 15) is 0 Å². The van der Waals surface area contributed by atoms with Crippen molar-refractivity contribution in [2.45, 2.75) is 45.6 Å². The van der Waals surface area contributed by atoms with Gasteiger partial charge in [-0.3, -0.25) is 0 Å². The monoisotopic (exact) mass is 277 g/mol. The van der Waals surface area contributed by atoms with E-state index in [-0.39, 0.29) is 0 Å². The minimum Gasteiger partial charge on any atom is -0.309 e. The Morgan fingerprint density at radius 3 is 2.32 bits per heavy atom. The molecule has 0 amide bonds. The Kier molecular flexibility index (Phi) is 3.61. The van der Waals surface area contributed by atoms with Crippen LogP contribution in [0, 0.1) is 17.3 Å². The summed E-state index contributed by atoms with van der Waals surface area (Å²) >= 11 is 5.99. The van der Waals surface area contributed by atoms with Crippen LogP contribution in [0.4, 0.5) is 0 Å². The molecule has 1 aromatic rings. The van der Waals surface area contributed by atoms with Gasteiger partial charge in [-0.25, -0.2) is 0 Å². The van der Waals surface area contributed by atoms with Gasteiger partial charge in [-0.2, -0.15) is 0 Å². The van der Waals surface area contributed by atoms with E-state index in [4.69, 9.17) is 11.6 Å². The molecule has 1 unspecified atom stereocenters. The van der Waals surface area contributed by atoms with Crippen LogP contribution in [0.15, 0.2) is 24.3 Å². The zero-order valence-electron chi connectivity index (χ0n) is 12.0. The number of hydrogen-bond acceptors (Lipinski definition) is 1. The number of nitrogens with one attached hydrogen (secondary N) is 1. The summed E-state index contributed by atoms with van der Waals surface area (Å²) in [5.74, 6) is 1.63. The average molecular weight is 278 g/mol. The second-order valence-corrected chi connectivity index (χ2v) is 7.20. The highest BCUT2D eigenvalue weighted by molar-refractivity contribution is 6.30. The summed E-state index contributed by atoms with van der Waals surface area (Å²) in [5.41, 5.74) is 1.99. The van der Waals surface area contributed by atoms with Gasteiger partial charge in [0.2, 0.25) is 0 Å². The van der Waals surface area contributed by atoms with Gasteiger partial charge in [0.15, 0.2) is 0 Å². The van der Waals surface area contributed by atoms with Crippen molar-refractivity contribution in [3.63, 3.8) is 0 Å². The Morgan fingerprint density at radius 2 is 1.84 bits per heavy atom. The molecular formula is C17H24ClN. The number of halogens is 1. The standard InChI is InChI=1S/C17H24ClN/c1-12(2)17(9-10-17)11-19-16(13-3-4-13)14-5-7-15(18)8-6-14/h5-8,12-13,16,19H,3-4,9-11H2,1-2H3. The average Bonchev–Trinajstić information content (AvgIpc) is 3.26. The third-order valence-corrected chi connectivity index (χ3v) is 5.37. The van der Waals surface area contributed by atoms with Crippen molar-refractivity contribution in [1.82, 2.24) is 5.32 Å². The quantitative estimate of drug-likeness (QED) is 0.786. The molecule has 0 aromatic heterocycles. The summed E-state index contributed by atoms with van der Waals surface area (Å²) in [4.78, 5) is 0. The molecule has 2 saturated carbocycles. The van der Waals surface area contributed by atoms with E-state index in [2.05, 4.69) is 31.3 Å². The van der Waals surface area contributed by atoms with Crippen molar-refractivity contribution in [3.8, 4) is 0 Å².